The number of nitrogens with one attached hydrogen (secondary N) is 1. The summed E-state index contributed by atoms with van der Waals surface area (Å²) in [6.07, 6.45) is 1.28. The second-order valence-corrected chi connectivity index (χ2v) is 5.27. The number of rotatable bonds is 4. The number of carbonyl (C=O) groups is 1. The highest BCUT2D eigenvalue weighted by molar-refractivity contribution is 5.67. The monoisotopic (exact) mass is 262 g/mol. The van der Waals surface area contributed by atoms with E-state index >= 15 is 0 Å². The van der Waals surface area contributed by atoms with Gasteiger partial charge >= 0.3 is 5.97 Å². The fourth-order valence-electron chi connectivity index (χ4n) is 2.53. The maximum Gasteiger partial charge on any atom is 0.304 e. The van der Waals surface area contributed by atoms with Gasteiger partial charge in [0, 0.05) is 25.7 Å². The van der Waals surface area contributed by atoms with E-state index in [1.807, 2.05) is 0 Å². The highest BCUT2D eigenvalue weighted by Crippen LogP contribution is 2.14. The topological polar surface area (TPSA) is 52.6 Å². The van der Waals surface area contributed by atoms with Gasteiger partial charge in [0.1, 0.15) is 0 Å². The lowest BCUT2D eigenvalue weighted by Crippen LogP contribution is -2.40. The van der Waals surface area contributed by atoms with Crippen LogP contribution in [0.5, 0.6) is 0 Å². The molecule has 1 aromatic carbocycles. The summed E-state index contributed by atoms with van der Waals surface area (Å²) in [5.74, 6) is -0.720. The van der Waals surface area contributed by atoms with Crippen molar-refractivity contribution in [3.8, 4) is 0 Å². The Morgan fingerprint density at radius 1 is 1.42 bits per heavy atom. The molecule has 1 atom stereocenters. The quantitative estimate of drug-likeness (QED) is 0.866. The zero-order valence-electron chi connectivity index (χ0n) is 11.4. The molecular formula is C15H22N2O2. The SMILES string of the molecule is Cc1ccc(CN2CCCNCC2CC(=O)O)cc1. The second kappa shape index (κ2) is 6.68. The molecule has 0 radical (unpaired) electrons. The number of carboxylic acids is 1. The van der Waals surface area contributed by atoms with Crippen LogP contribution in [0.4, 0.5) is 0 Å². The summed E-state index contributed by atoms with van der Waals surface area (Å²) in [6, 6.07) is 8.56. The molecule has 0 bridgehead atoms. The lowest BCUT2D eigenvalue weighted by molar-refractivity contribution is -0.138. The molecule has 1 unspecified atom stereocenters. The van der Waals surface area contributed by atoms with Crippen LogP contribution in [-0.2, 0) is 11.3 Å². The number of benzene rings is 1. The molecule has 4 heteroatoms. The lowest BCUT2D eigenvalue weighted by Gasteiger charge is -2.28. The smallest absolute Gasteiger partial charge is 0.304 e. The first-order valence-corrected chi connectivity index (χ1v) is 6.87. The molecule has 1 aliphatic heterocycles. The highest BCUT2D eigenvalue weighted by atomic mass is 16.4. The summed E-state index contributed by atoms with van der Waals surface area (Å²) in [6.45, 7) is 5.60. The van der Waals surface area contributed by atoms with Crippen LogP contribution in [-0.4, -0.2) is 41.7 Å². The summed E-state index contributed by atoms with van der Waals surface area (Å²) in [5, 5.41) is 12.3. The van der Waals surface area contributed by atoms with Gasteiger partial charge in [-0.15, -0.1) is 0 Å². The molecule has 1 saturated heterocycles. The zero-order chi connectivity index (χ0) is 13.7. The standard InChI is InChI=1S/C15H22N2O2/c1-12-3-5-13(6-4-12)11-17-8-2-7-16-10-14(17)9-15(18)19/h3-6,14,16H,2,7-11H2,1H3,(H,18,19). The molecule has 1 aliphatic rings. The number of aryl methyl sites for hydroxylation is 1. The Hall–Kier alpha value is -1.39. The first-order valence-electron chi connectivity index (χ1n) is 6.87. The zero-order valence-corrected chi connectivity index (χ0v) is 11.4. The fourth-order valence-corrected chi connectivity index (χ4v) is 2.53. The number of hydrogen-bond donors (Lipinski definition) is 2. The third-order valence-electron chi connectivity index (χ3n) is 3.61. The molecule has 1 aromatic rings. The first-order chi connectivity index (χ1) is 9.15. The van der Waals surface area contributed by atoms with Crippen LogP contribution < -0.4 is 5.32 Å². The molecule has 0 amide bonds. The van der Waals surface area contributed by atoms with Gasteiger partial charge in [-0.25, -0.2) is 0 Å². The van der Waals surface area contributed by atoms with Crippen LogP contribution >= 0.6 is 0 Å². The van der Waals surface area contributed by atoms with E-state index in [0.717, 1.165) is 32.6 Å². The van der Waals surface area contributed by atoms with E-state index in [1.54, 1.807) is 0 Å². The van der Waals surface area contributed by atoms with E-state index in [1.165, 1.54) is 11.1 Å². The molecule has 0 aliphatic carbocycles. The molecule has 2 rings (SSSR count). The molecule has 0 saturated carbocycles. The Labute approximate surface area is 114 Å². The largest absolute Gasteiger partial charge is 0.481 e. The van der Waals surface area contributed by atoms with Crippen LogP contribution in [0.3, 0.4) is 0 Å². The molecule has 4 nitrogen and oxygen atoms in total. The minimum Gasteiger partial charge on any atom is -0.481 e. The van der Waals surface area contributed by atoms with E-state index < -0.39 is 5.97 Å². The minimum absolute atomic E-state index is 0.0845. The average molecular weight is 262 g/mol. The maximum atomic E-state index is 11.0. The first kappa shape index (κ1) is 14.0. The van der Waals surface area contributed by atoms with Crippen LogP contribution in [0.25, 0.3) is 0 Å². The molecule has 19 heavy (non-hydrogen) atoms. The summed E-state index contributed by atoms with van der Waals surface area (Å²) >= 11 is 0. The Bertz CT molecular complexity index is 417. The van der Waals surface area contributed by atoms with Crippen molar-refractivity contribution in [2.45, 2.75) is 32.4 Å². The van der Waals surface area contributed by atoms with Gasteiger partial charge in [0.05, 0.1) is 6.42 Å². The van der Waals surface area contributed by atoms with E-state index in [-0.39, 0.29) is 12.5 Å². The number of hydrogen-bond acceptors (Lipinski definition) is 3. The highest BCUT2D eigenvalue weighted by Gasteiger charge is 2.23. The Morgan fingerprint density at radius 3 is 2.84 bits per heavy atom. The van der Waals surface area contributed by atoms with Gasteiger partial charge in [0.15, 0.2) is 0 Å². The molecule has 104 valence electrons. The molecule has 1 heterocycles. The third kappa shape index (κ3) is 4.33. The van der Waals surface area contributed by atoms with Gasteiger partial charge in [-0.05, 0) is 25.5 Å². The summed E-state index contributed by atoms with van der Waals surface area (Å²) in [4.78, 5) is 13.3. The normalized spacial score (nSPS) is 21.0. The Kier molecular flexibility index (Phi) is 4.93. The van der Waals surface area contributed by atoms with Crippen molar-refractivity contribution in [3.63, 3.8) is 0 Å². The molecule has 1 fully saturated rings. The van der Waals surface area contributed by atoms with Crippen molar-refractivity contribution in [3.05, 3.63) is 35.4 Å². The fraction of sp³-hybridized carbons (Fsp3) is 0.533. The molecular weight excluding hydrogens is 240 g/mol. The van der Waals surface area contributed by atoms with E-state index in [9.17, 15) is 4.79 Å². The van der Waals surface area contributed by atoms with Crippen LogP contribution in [0.15, 0.2) is 24.3 Å². The summed E-state index contributed by atoms with van der Waals surface area (Å²) in [7, 11) is 0. The van der Waals surface area contributed by atoms with E-state index in [2.05, 4.69) is 41.4 Å². The van der Waals surface area contributed by atoms with Crippen molar-refractivity contribution in [1.82, 2.24) is 10.2 Å². The maximum absolute atomic E-state index is 11.0. The molecule has 2 N–H and O–H groups in total. The molecule has 0 spiro atoms. The van der Waals surface area contributed by atoms with Crippen molar-refractivity contribution in [1.29, 1.82) is 0 Å². The van der Waals surface area contributed by atoms with E-state index in [0.29, 0.717) is 0 Å². The number of carboxylic acid groups (broad SMARTS) is 1. The van der Waals surface area contributed by atoms with Crippen molar-refractivity contribution < 1.29 is 9.90 Å². The van der Waals surface area contributed by atoms with Crippen LogP contribution in [0.1, 0.15) is 24.0 Å². The summed E-state index contributed by atoms with van der Waals surface area (Å²) in [5.41, 5.74) is 2.51. The van der Waals surface area contributed by atoms with Gasteiger partial charge < -0.3 is 10.4 Å². The van der Waals surface area contributed by atoms with Crippen molar-refractivity contribution in [2.75, 3.05) is 19.6 Å². The van der Waals surface area contributed by atoms with Gasteiger partial charge in [-0.2, -0.15) is 0 Å². The second-order valence-electron chi connectivity index (χ2n) is 5.27. The van der Waals surface area contributed by atoms with E-state index in [4.69, 9.17) is 5.11 Å². The van der Waals surface area contributed by atoms with Crippen molar-refractivity contribution in [2.24, 2.45) is 0 Å². The van der Waals surface area contributed by atoms with Crippen LogP contribution in [0.2, 0.25) is 0 Å². The van der Waals surface area contributed by atoms with Gasteiger partial charge in [0.2, 0.25) is 0 Å². The Morgan fingerprint density at radius 2 is 2.16 bits per heavy atom. The van der Waals surface area contributed by atoms with Gasteiger partial charge in [-0.1, -0.05) is 29.8 Å². The van der Waals surface area contributed by atoms with Crippen LogP contribution in [0, 0.1) is 6.92 Å². The van der Waals surface area contributed by atoms with Gasteiger partial charge in [-0.3, -0.25) is 9.69 Å². The predicted octanol–water partition coefficient (Wildman–Crippen LogP) is 1.63. The minimum atomic E-state index is -0.720. The molecule has 0 aromatic heterocycles. The Balaban J connectivity index is 2.04. The van der Waals surface area contributed by atoms with Gasteiger partial charge in [0.25, 0.3) is 0 Å². The lowest BCUT2D eigenvalue weighted by atomic mass is 10.1. The average Bonchev–Trinajstić information content (AvgIpc) is 2.58. The number of aliphatic carboxylic acids is 1. The summed E-state index contributed by atoms with van der Waals surface area (Å²) < 4.78 is 0. The predicted molar refractivity (Wildman–Crippen MR) is 75.1 cm³/mol. The third-order valence-corrected chi connectivity index (χ3v) is 3.61. The number of nitrogens with zero attached hydrogens (tertiary/aromatic N) is 1. The van der Waals surface area contributed by atoms with Crippen molar-refractivity contribution >= 4 is 5.97 Å².